The third-order valence-electron chi connectivity index (χ3n) is 3.82. The van der Waals surface area contributed by atoms with Gasteiger partial charge in [0.15, 0.2) is 0 Å². The number of ether oxygens (including phenoxy) is 1. The number of anilines is 2. The van der Waals surface area contributed by atoms with Crippen LogP contribution in [0.15, 0.2) is 67.0 Å². The van der Waals surface area contributed by atoms with E-state index in [2.05, 4.69) is 27.5 Å². The molecule has 0 aliphatic rings. The number of carbonyl (C=O) groups is 1. The molecule has 1 amide bonds. The Morgan fingerprint density at radius 3 is 2.48 bits per heavy atom. The fourth-order valence-corrected chi connectivity index (χ4v) is 2.40. The predicted octanol–water partition coefficient (Wildman–Crippen LogP) is 4.54. The van der Waals surface area contributed by atoms with Gasteiger partial charge in [-0.25, -0.2) is 9.97 Å². The van der Waals surface area contributed by atoms with E-state index in [4.69, 9.17) is 4.74 Å². The number of rotatable bonds is 8. The third-order valence-corrected chi connectivity index (χ3v) is 3.82. The summed E-state index contributed by atoms with van der Waals surface area (Å²) in [5.41, 5.74) is 1.18. The van der Waals surface area contributed by atoms with Crippen molar-refractivity contribution in [1.82, 2.24) is 15.3 Å². The monoisotopic (exact) mass is 362 g/mol. The Hall–Kier alpha value is -3.41. The van der Waals surface area contributed by atoms with Crippen LogP contribution in [0.25, 0.3) is 0 Å². The van der Waals surface area contributed by atoms with E-state index < -0.39 is 0 Å². The van der Waals surface area contributed by atoms with Gasteiger partial charge in [0.1, 0.15) is 29.3 Å². The van der Waals surface area contributed by atoms with Crippen LogP contribution in [0.1, 0.15) is 30.3 Å². The largest absolute Gasteiger partial charge is 0.457 e. The first-order valence-corrected chi connectivity index (χ1v) is 8.95. The quantitative estimate of drug-likeness (QED) is 0.575. The van der Waals surface area contributed by atoms with Crippen LogP contribution in [-0.2, 0) is 0 Å². The van der Waals surface area contributed by atoms with Gasteiger partial charge in [-0.3, -0.25) is 4.79 Å². The summed E-state index contributed by atoms with van der Waals surface area (Å²) in [5, 5.41) is 6.02. The van der Waals surface area contributed by atoms with Crippen LogP contribution < -0.4 is 15.4 Å². The van der Waals surface area contributed by atoms with Crippen molar-refractivity contribution in [2.24, 2.45) is 0 Å². The molecule has 6 nitrogen and oxygen atoms in total. The lowest BCUT2D eigenvalue weighted by atomic mass is 10.3. The van der Waals surface area contributed by atoms with Gasteiger partial charge in [-0.05, 0) is 42.8 Å². The molecule has 138 valence electrons. The molecule has 0 bridgehead atoms. The number of para-hydroxylation sites is 1. The van der Waals surface area contributed by atoms with Crippen LogP contribution in [0.2, 0.25) is 0 Å². The summed E-state index contributed by atoms with van der Waals surface area (Å²) in [6.45, 7) is 2.72. The first-order chi connectivity index (χ1) is 13.2. The van der Waals surface area contributed by atoms with Gasteiger partial charge >= 0.3 is 0 Å². The number of nitrogens with zero attached hydrogens (tertiary/aromatic N) is 2. The van der Waals surface area contributed by atoms with Crippen molar-refractivity contribution in [3.8, 4) is 11.5 Å². The molecule has 0 fully saturated rings. The van der Waals surface area contributed by atoms with Gasteiger partial charge in [0.25, 0.3) is 5.91 Å². The van der Waals surface area contributed by atoms with Crippen molar-refractivity contribution in [3.63, 3.8) is 0 Å². The molecule has 3 rings (SSSR count). The van der Waals surface area contributed by atoms with E-state index in [-0.39, 0.29) is 5.91 Å². The van der Waals surface area contributed by atoms with Crippen LogP contribution in [0.3, 0.4) is 0 Å². The maximum Gasteiger partial charge on any atom is 0.270 e. The molecule has 0 spiro atoms. The molecule has 0 aliphatic heterocycles. The number of nitrogens with one attached hydrogen (secondary N) is 2. The maximum absolute atomic E-state index is 12.1. The van der Waals surface area contributed by atoms with Crippen LogP contribution >= 0.6 is 0 Å². The highest BCUT2D eigenvalue weighted by Gasteiger charge is 2.08. The number of hydrogen-bond acceptors (Lipinski definition) is 5. The second-order valence-electron chi connectivity index (χ2n) is 5.96. The average molecular weight is 362 g/mol. The first kappa shape index (κ1) is 18.4. The van der Waals surface area contributed by atoms with Crippen LogP contribution in [0.5, 0.6) is 11.5 Å². The van der Waals surface area contributed by atoms with Crippen molar-refractivity contribution < 1.29 is 9.53 Å². The third kappa shape index (κ3) is 5.54. The van der Waals surface area contributed by atoms with Gasteiger partial charge in [-0.2, -0.15) is 0 Å². The van der Waals surface area contributed by atoms with Gasteiger partial charge < -0.3 is 15.4 Å². The maximum atomic E-state index is 12.1. The van der Waals surface area contributed by atoms with Crippen molar-refractivity contribution in [2.45, 2.75) is 19.8 Å². The fourth-order valence-electron chi connectivity index (χ4n) is 2.40. The molecular weight excluding hydrogens is 340 g/mol. The molecule has 0 saturated heterocycles. The molecule has 0 aliphatic carbocycles. The molecule has 1 heterocycles. The zero-order valence-electron chi connectivity index (χ0n) is 15.2. The Bertz CT molecular complexity index is 867. The highest BCUT2D eigenvalue weighted by Crippen LogP contribution is 2.23. The van der Waals surface area contributed by atoms with E-state index in [1.807, 2.05) is 54.6 Å². The summed E-state index contributed by atoms with van der Waals surface area (Å²) < 4.78 is 5.77. The number of hydrogen-bond donors (Lipinski definition) is 2. The molecule has 27 heavy (non-hydrogen) atoms. The summed E-state index contributed by atoms with van der Waals surface area (Å²) in [7, 11) is 0. The van der Waals surface area contributed by atoms with Crippen LogP contribution in [-0.4, -0.2) is 22.4 Å². The first-order valence-electron chi connectivity index (χ1n) is 8.95. The molecule has 0 unspecified atom stereocenters. The molecule has 0 saturated carbocycles. The SMILES string of the molecule is CCCCNC(=O)c1cc(Nc2ccc(Oc3ccccc3)cc2)ncn1. The highest BCUT2D eigenvalue weighted by molar-refractivity contribution is 5.92. The molecule has 0 atom stereocenters. The van der Waals surface area contributed by atoms with Crippen molar-refractivity contribution in [3.05, 3.63) is 72.7 Å². The Morgan fingerprint density at radius 1 is 1.00 bits per heavy atom. The minimum atomic E-state index is -0.194. The Labute approximate surface area is 158 Å². The average Bonchev–Trinajstić information content (AvgIpc) is 2.71. The van der Waals surface area contributed by atoms with Gasteiger partial charge in [0, 0.05) is 18.3 Å². The van der Waals surface area contributed by atoms with E-state index in [9.17, 15) is 4.79 Å². The van der Waals surface area contributed by atoms with E-state index in [0.717, 1.165) is 30.0 Å². The van der Waals surface area contributed by atoms with E-state index in [0.29, 0.717) is 18.1 Å². The molecule has 2 aromatic carbocycles. The summed E-state index contributed by atoms with van der Waals surface area (Å²) in [5.74, 6) is 1.89. The van der Waals surface area contributed by atoms with Crippen LogP contribution in [0.4, 0.5) is 11.5 Å². The smallest absolute Gasteiger partial charge is 0.270 e. The predicted molar refractivity (Wildman–Crippen MR) is 106 cm³/mol. The van der Waals surface area contributed by atoms with Gasteiger partial charge in [-0.15, -0.1) is 0 Å². The number of amides is 1. The molecule has 0 radical (unpaired) electrons. The zero-order valence-corrected chi connectivity index (χ0v) is 15.2. The summed E-state index contributed by atoms with van der Waals surface area (Å²) >= 11 is 0. The highest BCUT2D eigenvalue weighted by atomic mass is 16.5. The number of benzene rings is 2. The molecule has 6 heteroatoms. The van der Waals surface area contributed by atoms with Gasteiger partial charge in [0.2, 0.25) is 0 Å². The topological polar surface area (TPSA) is 76.1 Å². The number of aromatic nitrogens is 2. The Balaban J connectivity index is 1.61. The molecule has 1 aromatic heterocycles. The molecule has 3 aromatic rings. The molecule has 2 N–H and O–H groups in total. The van der Waals surface area contributed by atoms with E-state index >= 15 is 0 Å². The normalized spacial score (nSPS) is 10.3. The lowest BCUT2D eigenvalue weighted by Crippen LogP contribution is -2.25. The molecular formula is C21H22N4O2. The van der Waals surface area contributed by atoms with Crippen molar-refractivity contribution in [2.75, 3.05) is 11.9 Å². The number of unbranched alkanes of at least 4 members (excludes halogenated alkanes) is 1. The Kier molecular flexibility index (Phi) is 6.35. The summed E-state index contributed by atoms with van der Waals surface area (Å²) in [6, 6.07) is 18.8. The van der Waals surface area contributed by atoms with E-state index in [1.54, 1.807) is 6.07 Å². The van der Waals surface area contributed by atoms with E-state index in [1.165, 1.54) is 6.33 Å². The minimum Gasteiger partial charge on any atom is -0.457 e. The van der Waals surface area contributed by atoms with Gasteiger partial charge in [0.05, 0.1) is 0 Å². The summed E-state index contributed by atoms with van der Waals surface area (Å²) in [4.78, 5) is 20.3. The lowest BCUT2D eigenvalue weighted by molar-refractivity contribution is 0.0948. The second-order valence-corrected chi connectivity index (χ2v) is 5.96. The summed E-state index contributed by atoms with van der Waals surface area (Å²) in [6.07, 6.45) is 3.35. The minimum absolute atomic E-state index is 0.194. The van der Waals surface area contributed by atoms with Crippen molar-refractivity contribution >= 4 is 17.4 Å². The zero-order chi connectivity index (χ0) is 18.9. The lowest BCUT2D eigenvalue weighted by Gasteiger charge is -2.09. The van der Waals surface area contributed by atoms with Crippen LogP contribution in [0, 0.1) is 0 Å². The van der Waals surface area contributed by atoms with Gasteiger partial charge in [-0.1, -0.05) is 31.5 Å². The number of carbonyl (C=O) groups excluding carboxylic acids is 1. The van der Waals surface area contributed by atoms with Crippen molar-refractivity contribution in [1.29, 1.82) is 0 Å². The Morgan fingerprint density at radius 2 is 1.74 bits per heavy atom. The fraction of sp³-hybridized carbons (Fsp3) is 0.190. The standard InChI is InChI=1S/C21H22N4O2/c1-2-3-13-22-21(26)19-14-20(24-15-23-19)25-16-9-11-18(12-10-16)27-17-7-5-4-6-8-17/h4-12,14-15H,2-3,13H2,1H3,(H,22,26)(H,23,24,25). The second kappa shape index (κ2) is 9.33.